The second-order valence-electron chi connectivity index (χ2n) is 5.83. The molecule has 1 N–H and O–H groups in total. The van der Waals surface area contributed by atoms with Gasteiger partial charge >= 0.3 is 5.95 Å². The summed E-state index contributed by atoms with van der Waals surface area (Å²) < 4.78 is 5.28. The van der Waals surface area contributed by atoms with E-state index >= 15 is 0 Å². The van der Waals surface area contributed by atoms with Crippen LogP contribution in [-0.2, 0) is 4.79 Å². The Hall–Kier alpha value is -3.66. The first-order valence-corrected chi connectivity index (χ1v) is 8.17. The van der Waals surface area contributed by atoms with E-state index in [-0.39, 0.29) is 23.3 Å². The molecular formula is C22H15NO3. The smallest absolute Gasteiger partial charge is 0.310 e. The van der Waals surface area contributed by atoms with Crippen LogP contribution in [0.15, 0.2) is 65.1 Å². The molecule has 3 aromatic rings. The molecule has 2 aromatic carbocycles. The first kappa shape index (κ1) is 15.8. The summed E-state index contributed by atoms with van der Waals surface area (Å²) in [5.41, 5.74) is 3.46. The van der Waals surface area contributed by atoms with Crippen molar-refractivity contribution in [3.05, 3.63) is 88.9 Å². The van der Waals surface area contributed by atoms with Crippen LogP contribution in [0.3, 0.4) is 0 Å². The van der Waals surface area contributed by atoms with E-state index in [1.165, 1.54) is 6.08 Å². The first-order valence-electron chi connectivity index (χ1n) is 8.17. The van der Waals surface area contributed by atoms with Crippen molar-refractivity contribution in [3.8, 4) is 5.95 Å². The lowest BCUT2D eigenvalue weighted by Gasteiger charge is -2.12. The van der Waals surface area contributed by atoms with Crippen molar-refractivity contribution in [2.45, 2.75) is 0 Å². The van der Waals surface area contributed by atoms with E-state index in [2.05, 4.69) is 4.98 Å². The van der Waals surface area contributed by atoms with Crippen molar-refractivity contribution in [1.82, 2.24) is 4.98 Å². The van der Waals surface area contributed by atoms with Crippen molar-refractivity contribution in [1.29, 1.82) is 0 Å². The Balaban J connectivity index is 1.68. The zero-order chi connectivity index (χ0) is 17.9. The number of hydrogen-bond acceptors (Lipinski definition) is 4. The minimum atomic E-state index is -0.315. The molecule has 0 saturated carbocycles. The molecule has 26 heavy (non-hydrogen) atoms. The lowest BCUT2D eigenvalue weighted by Crippen LogP contribution is -2.04. The molecule has 0 aliphatic heterocycles. The third kappa shape index (κ3) is 3.13. The average molecular weight is 341 g/mol. The number of rotatable bonds is 3. The molecule has 4 heteroatoms. The van der Waals surface area contributed by atoms with E-state index in [4.69, 9.17) is 4.42 Å². The number of carbonyl (C=O) groups is 1. The van der Waals surface area contributed by atoms with Gasteiger partial charge in [-0.1, -0.05) is 60.7 Å². The molecule has 0 atom stereocenters. The van der Waals surface area contributed by atoms with Gasteiger partial charge in [-0.15, -0.1) is 0 Å². The van der Waals surface area contributed by atoms with Gasteiger partial charge in [0, 0.05) is 11.6 Å². The highest BCUT2D eigenvalue weighted by Crippen LogP contribution is 2.30. The lowest BCUT2D eigenvalue weighted by molar-refractivity contribution is -0.109. The Morgan fingerprint density at radius 2 is 1.69 bits per heavy atom. The van der Waals surface area contributed by atoms with Gasteiger partial charge in [0.2, 0.25) is 5.89 Å². The number of nitrogens with zero attached hydrogens (tertiary/aromatic N) is 1. The maximum Gasteiger partial charge on any atom is 0.310 e. The Morgan fingerprint density at radius 3 is 2.54 bits per heavy atom. The average Bonchev–Trinajstić information content (AvgIpc) is 3.03. The summed E-state index contributed by atoms with van der Waals surface area (Å²) >= 11 is 0. The number of ketones is 1. The number of carbonyl (C=O) groups excluding carboxylic acids is 1. The standard InChI is InChI=1S/C22H15NO3/c24-20-12-11-16-8-4-5-9-17(16)18(20)14-19-22(25)26-21(23-19)13-10-15-6-2-1-3-7-15/h1-14,25H. The fraction of sp³-hybridized carbons (Fsp3) is 0. The highest BCUT2D eigenvalue weighted by molar-refractivity contribution is 6.33. The number of fused-ring (bicyclic) bond motifs is 1. The SMILES string of the molecule is O=C1C=Cc2ccccc2C1=Cc1nc(C=Cc2ccccc2)oc1O. The Morgan fingerprint density at radius 1 is 0.923 bits per heavy atom. The number of aromatic hydroxyl groups is 1. The molecular weight excluding hydrogens is 326 g/mol. The Bertz CT molecular complexity index is 1060. The summed E-state index contributed by atoms with van der Waals surface area (Å²) in [6.07, 6.45) is 8.37. The summed E-state index contributed by atoms with van der Waals surface area (Å²) in [4.78, 5) is 16.6. The monoisotopic (exact) mass is 341 g/mol. The molecule has 1 aliphatic carbocycles. The van der Waals surface area contributed by atoms with Gasteiger partial charge in [0.25, 0.3) is 0 Å². The van der Waals surface area contributed by atoms with Crippen molar-refractivity contribution in [2.75, 3.05) is 0 Å². The fourth-order valence-corrected chi connectivity index (χ4v) is 2.80. The van der Waals surface area contributed by atoms with Crippen LogP contribution in [0.25, 0.3) is 29.9 Å². The molecule has 126 valence electrons. The fourth-order valence-electron chi connectivity index (χ4n) is 2.80. The van der Waals surface area contributed by atoms with Gasteiger partial charge < -0.3 is 9.52 Å². The van der Waals surface area contributed by atoms with Gasteiger partial charge in [0.1, 0.15) is 5.69 Å². The van der Waals surface area contributed by atoms with Crippen LogP contribution >= 0.6 is 0 Å². The normalized spacial score (nSPS) is 14.9. The zero-order valence-corrected chi connectivity index (χ0v) is 13.8. The number of hydrogen-bond donors (Lipinski definition) is 1. The van der Waals surface area contributed by atoms with Crippen LogP contribution in [-0.4, -0.2) is 15.9 Å². The van der Waals surface area contributed by atoms with Crippen molar-refractivity contribution >= 4 is 35.7 Å². The number of oxazole rings is 1. The molecule has 0 amide bonds. The quantitative estimate of drug-likeness (QED) is 0.702. The summed E-state index contributed by atoms with van der Waals surface area (Å²) in [7, 11) is 0. The highest BCUT2D eigenvalue weighted by Gasteiger charge is 2.19. The van der Waals surface area contributed by atoms with Crippen molar-refractivity contribution < 1.29 is 14.3 Å². The van der Waals surface area contributed by atoms with Crippen LogP contribution in [0.2, 0.25) is 0 Å². The second-order valence-corrected chi connectivity index (χ2v) is 5.83. The minimum absolute atomic E-state index is 0.132. The van der Waals surface area contributed by atoms with E-state index in [1.54, 1.807) is 18.2 Å². The van der Waals surface area contributed by atoms with E-state index < -0.39 is 0 Å². The molecule has 4 rings (SSSR count). The Labute approximate surface area is 150 Å². The van der Waals surface area contributed by atoms with Gasteiger partial charge in [-0.3, -0.25) is 4.79 Å². The van der Waals surface area contributed by atoms with Gasteiger partial charge in [-0.05, 0) is 34.9 Å². The lowest BCUT2D eigenvalue weighted by atomic mass is 9.91. The van der Waals surface area contributed by atoms with Crippen LogP contribution in [0.4, 0.5) is 0 Å². The van der Waals surface area contributed by atoms with Crippen molar-refractivity contribution in [3.63, 3.8) is 0 Å². The van der Waals surface area contributed by atoms with Crippen LogP contribution < -0.4 is 0 Å². The molecule has 0 spiro atoms. The molecule has 0 unspecified atom stereocenters. The molecule has 0 saturated heterocycles. The summed E-state index contributed by atoms with van der Waals surface area (Å²) in [6.45, 7) is 0. The maximum absolute atomic E-state index is 12.3. The van der Waals surface area contributed by atoms with E-state index in [9.17, 15) is 9.90 Å². The van der Waals surface area contributed by atoms with Gasteiger partial charge in [-0.25, -0.2) is 4.98 Å². The molecule has 1 heterocycles. The molecule has 1 aromatic heterocycles. The summed E-state index contributed by atoms with van der Waals surface area (Å²) in [6, 6.07) is 17.3. The first-order chi connectivity index (χ1) is 12.7. The molecule has 4 nitrogen and oxygen atoms in total. The third-order valence-electron chi connectivity index (χ3n) is 4.08. The minimum Gasteiger partial charge on any atom is -0.479 e. The number of allylic oxidation sites excluding steroid dienone is 2. The van der Waals surface area contributed by atoms with Gasteiger partial charge in [-0.2, -0.15) is 0 Å². The van der Waals surface area contributed by atoms with Crippen LogP contribution in [0.5, 0.6) is 5.95 Å². The molecule has 0 bridgehead atoms. The van der Waals surface area contributed by atoms with Crippen LogP contribution in [0.1, 0.15) is 28.3 Å². The highest BCUT2D eigenvalue weighted by atomic mass is 16.5. The molecule has 0 radical (unpaired) electrons. The van der Waals surface area contributed by atoms with E-state index in [1.807, 2.05) is 60.7 Å². The largest absolute Gasteiger partial charge is 0.479 e. The number of benzene rings is 2. The predicted octanol–water partition coefficient (Wildman–Crippen LogP) is 4.69. The Kier molecular flexibility index (Phi) is 4.07. The molecule has 0 fully saturated rings. The number of aromatic nitrogens is 1. The molecule has 1 aliphatic rings. The van der Waals surface area contributed by atoms with Gasteiger partial charge in [0.05, 0.1) is 0 Å². The maximum atomic E-state index is 12.3. The topological polar surface area (TPSA) is 63.3 Å². The van der Waals surface area contributed by atoms with E-state index in [0.717, 1.165) is 16.7 Å². The van der Waals surface area contributed by atoms with Crippen molar-refractivity contribution in [2.24, 2.45) is 0 Å². The second kappa shape index (κ2) is 6.69. The summed E-state index contributed by atoms with van der Waals surface area (Å²) in [5, 5.41) is 10.1. The summed E-state index contributed by atoms with van der Waals surface area (Å²) in [5.74, 6) is -0.178. The third-order valence-corrected chi connectivity index (χ3v) is 4.08. The van der Waals surface area contributed by atoms with Crippen LogP contribution in [0, 0.1) is 0 Å². The predicted molar refractivity (Wildman–Crippen MR) is 102 cm³/mol. The van der Waals surface area contributed by atoms with Gasteiger partial charge in [0.15, 0.2) is 5.78 Å². The van der Waals surface area contributed by atoms with E-state index in [0.29, 0.717) is 5.57 Å². The zero-order valence-electron chi connectivity index (χ0n) is 13.8.